The fourth-order valence-electron chi connectivity index (χ4n) is 3.60. The van der Waals surface area contributed by atoms with E-state index in [-0.39, 0.29) is 38.3 Å². The average Bonchev–Trinajstić information content (AvgIpc) is 3.15. The molecular formula is C19H22F4N6O2. The summed E-state index contributed by atoms with van der Waals surface area (Å²) in [5.74, 6) is -1.58. The van der Waals surface area contributed by atoms with E-state index < -0.39 is 36.4 Å². The monoisotopic (exact) mass is 442 g/mol. The number of benzene rings is 1. The number of tetrazole rings is 1. The first-order valence-electron chi connectivity index (χ1n) is 9.76. The number of halogens is 4. The Labute approximate surface area is 175 Å². The maximum Gasteiger partial charge on any atom is 0.405 e. The van der Waals surface area contributed by atoms with Crippen LogP contribution in [0.1, 0.15) is 30.3 Å². The van der Waals surface area contributed by atoms with E-state index in [1.54, 1.807) is 24.0 Å². The molecule has 1 saturated heterocycles. The molecule has 2 aromatic rings. The summed E-state index contributed by atoms with van der Waals surface area (Å²) < 4.78 is 51.9. The zero-order valence-electron chi connectivity index (χ0n) is 16.8. The van der Waals surface area contributed by atoms with E-state index >= 15 is 0 Å². The molecule has 1 aliphatic heterocycles. The molecule has 2 amide bonds. The van der Waals surface area contributed by atoms with E-state index in [1.807, 2.05) is 5.32 Å². The lowest BCUT2D eigenvalue weighted by Crippen LogP contribution is -2.47. The first kappa shape index (κ1) is 22.6. The van der Waals surface area contributed by atoms with Gasteiger partial charge in [0.25, 0.3) is 0 Å². The van der Waals surface area contributed by atoms with Crippen LogP contribution < -0.4 is 5.32 Å². The van der Waals surface area contributed by atoms with Gasteiger partial charge in [0.05, 0.1) is 0 Å². The van der Waals surface area contributed by atoms with Crippen LogP contribution >= 0.6 is 0 Å². The molecule has 3 rings (SSSR count). The van der Waals surface area contributed by atoms with E-state index in [9.17, 15) is 27.2 Å². The summed E-state index contributed by atoms with van der Waals surface area (Å²) in [4.78, 5) is 26.8. The van der Waals surface area contributed by atoms with Crippen molar-refractivity contribution in [2.75, 3.05) is 19.6 Å². The van der Waals surface area contributed by atoms with Crippen molar-refractivity contribution < 1.29 is 27.2 Å². The number of aromatic nitrogens is 4. The van der Waals surface area contributed by atoms with Gasteiger partial charge in [-0.25, -0.2) is 9.07 Å². The van der Waals surface area contributed by atoms with E-state index in [0.717, 1.165) is 0 Å². The van der Waals surface area contributed by atoms with Crippen molar-refractivity contribution in [1.82, 2.24) is 30.4 Å². The van der Waals surface area contributed by atoms with Gasteiger partial charge in [0.15, 0.2) is 0 Å². The summed E-state index contributed by atoms with van der Waals surface area (Å²) in [6, 6.07) is 5.06. The van der Waals surface area contributed by atoms with Crippen molar-refractivity contribution in [3.05, 3.63) is 41.5 Å². The lowest BCUT2D eigenvalue weighted by atomic mass is 9.94. The minimum Gasteiger partial charge on any atom is -0.347 e. The number of amides is 2. The SMILES string of the molecule is Cc1nnnn1C(Cc1cccc(F)c1)C(=O)N1CCC(C(=O)NCC(F)(F)F)CC1. The fraction of sp³-hybridized carbons (Fsp3) is 0.526. The molecule has 0 aliphatic carbocycles. The molecule has 0 saturated carbocycles. The van der Waals surface area contributed by atoms with Gasteiger partial charge in [-0.1, -0.05) is 12.1 Å². The number of hydrogen-bond acceptors (Lipinski definition) is 5. The molecule has 0 bridgehead atoms. The Morgan fingerprint density at radius 2 is 1.97 bits per heavy atom. The van der Waals surface area contributed by atoms with Gasteiger partial charge in [0.1, 0.15) is 24.2 Å². The topological polar surface area (TPSA) is 93.0 Å². The Morgan fingerprint density at radius 1 is 1.26 bits per heavy atom. The van der Waals surface area contributed by atoms with Crippen molar-refractivity contribution in [3.8, 4) is 0 Å². The van der Waals surface area contributed by atoms with Gasteiger partial charge in [-0.3, -0.25) is 9.59 Å². The van der Waals surface area contributed by atoms with Gasteiger partial charge in [0.2, 0.25) is 11.8 Å². The quantitative estimate of drug-likeness (QED) is 0.689. The molecule has 31 heavy (non-hydrogen) atoms. The van der Waals surface area contributed by atoms with Gasteiger partial charge in [-0.15, -0.1) is 5.10 Å². The van der Waals surface area contributed by atoms with Crippen molar-refractivity contribution >= 4 is 11.8 Å². The number of piperidine rings is 1. The van der Waals surface area contributed by atoms with Crippen molar-refractivity contribution in [2.45, 2.75) is 38.4 Å². The van der Waals surface area contributed by atoms with Crippen molar-refractivity contribution in [2.24, 2.45) is 5.92 Å². The van der Waals surface area contributed by atoms with Crippen LogP contribution in [0.3, 0.4) is 0 Å². The zero-order chi connectivity index (χ0) is 22.6. The number of nitrogens with zero attached hydrogens (tertiary/aromatic N) is 5. The van der Waals surface area contributed by atoms with E-state index in [4.69, 9.17) is 0 Å². The summed E-state index contributed by atoms with van der Waals surface area (Å²) in [6.07, 6.45) is -3.82. The van der Waals surface area contributed by atoms with Gasteiger partial charge in [0, 0.05) is 25.4 Å². The molecule has 1 atom stereocenters. The van der Waals surface area contributed by atoms with Crippen molar-refractivity contribution in [3.63, 3.8) is 0 Å². The Balaban J connectivity index is 1.67. The highest BCUT2D eigenvalue weighted by Gasteiger charge is 2.34. The van der Waals surface area contributed by atoms with Gasteiger partial charge >= 0.3 is 6.18 Å². The van der Waals surface area contributed by atoms with Crippen molar-refractivity contribution in [1.29, 1.82) is 0 Å². The zero-order valence-corrected chi connectivity index (χ0v) is 16.8. The number of aryl methyl sites for hydroxylation is 1. The van der Waals surface area contributed by atoms with Crippen LogP contribution in [0.4, 0.5) is 17.6 Å². The largest absolute Gasteiger partial charge is 0.405 e. The molecule has 8 nitrogen and oxygen atoms in total. The maximum atomic E-state index is 13.6. The molecule has 1 N–H and O–H groups in total. The van der Waals surface area contributed by atoms with Crippen LogP contribution in [-0.4, -0.2) is 62.7 Å². The molecule has 1 aromatic carbocycles. The Hall–Kier alpha value is -3.05. The second-order valence-electron chi connectivity index (χ2n) is 7.45. The molecule has 1 aliphatic rings. The Morgan fingerprint density at radius 3 is 2.55 bits per heavy atom. The molecule has 1 aromatic heterocycles. The summed E-state index contributed by atoms with van der Waals surface area (Å²) in [5, 5.41) is 13.2. The average molecular weight is 442 g/mol. The van der Waals surface area contributed by atoms with Crippen LogP contribution in [0.15, 0.2) is 24.3 Å². The van der Waals surface area contributed by atoms with Crippen LogP contribution in [0, 0.1) is 18.7 Å². The Bertz CT molecular complexity index is 924. The lowest BCUT2D eigenvalue weighted by molar-refractivity contribution is -0.143. The van der Waals surface area contributed by atoms with Gasteiger partial charge < -0.3 is 10.2 Å². The van der Waals surface area contributed by atoms with Crippen LogP contribution in [0.5, 0.6) is 0 Å². The highest BCUT2D eigenvalue weighted by atomic mass is 19.4. The van der Waals surface area contributed by atoms with Gasteiger partial charge in [-0.2, -0.15) is 13.2 Å². The van der Waals surface area contributed by atoms with Gasteiger partial charge in [-0.05, 0) is 47.9 Å². The fourth-order valence-corrected chi connectivity index (χ4v) is 3.60. The summed E-state index contributed by atoms with van der Waals surface area (Å²) in [6.45, 7) is 0.690. The highest BCUT2D eigenvalue weighted by molar-refractivity contribution is 5.82. The minimum absolute atomic E-state index is 0.161. The number of rotatable bonds is 6. The Kier molecular flexibility index (Phi) is 6.86. The minimum atomic E-state index is -4.47. The summed E-state index contributed by atoms with van der Waals surface area (Å²) in [5.41, 5.74) is 0.592. The highest BCUT2D eigenvalue weighted by Crippen LogP contribution is 2.24. The maximum absolute atomic E-state index is 13.6. The molecule has 0 spiro atoms. The number of carbonyl (C=O) groups excluding carboxylic acids is 2. The molecule has 2 heterocycles. The second-order valence-corrected chi connectivity index (χ2v) is 7.45. The third-order valence-electron chi connectivity index (χ3n) is 5.20. The predicted octanol–water partition coefficient (Wildman–Crippen LogP) is 1.82. The third-order valence-corrected chi connectivity index (χ3v) is 5.20. The first-order valence-corrected chi connectivity index (χ1v) is 9.76. The third kappa shape index (κ3) is 5.98. The predicted molar refractivity (Wildman–Crippen MR) is 100 cm³/mol. The molecule has 0 radical (unpaired) electrons. The summed E-state index contributed by atoms with van der Waals surface area (Å²) in [7, 11) is 0. The van der Waals surface area contributed by atoms with Crippen LogP contribution in [-0.2, 0) is 16.0 Å². The number of nitrogens with one attached hydrogen (secondary N) is 1. The number of alkyl halides is 3. The van der Waals surface area contributed by atoms with E-state index in [1.165, 1.54) is 16.8 Å². The van der Waals surface area contributed by atoms with Crippen LogP contribution in [0.25, 0.3) is 0 Å². The normalized spacial score (nSPS) is 16.2. The molecular weight excluding hydrogens is 420 g/mol. The molecule has 12 heteroatoms. The number of carbonyl (C=O) groups is 2. The second kappa shape index (κ2) is 9.40. The van der Waals surface area contributed by atoms with Crippen LogP contribution in [0.2, 0.25) is 0 Å². The number of hydrogen-bond donors (Lipinski definition) is 1. The first-order chi connectivity index (χ1) is 14.6. The van der Waals surface area contributed by atoms with E-state index in [2.05, 4.69) is 15.5 Å². The molecule has 1 unspecified atom stereocenters. The summed E-state index contributed by atoms with van der Waals surface area (Å²) >= 11 is 0. The molecule has 1 fully saturated rings. The van der Waals surface area contributed by atoms with E-state index in [0.29, 0.717) is 11.4 Å². The molecule has 168 valence electrons. The standard InChI is InChI=1S/C19H22F4N6O2/c1-12-25-26-27-29(12)16(10-13-3-2-4-15(20)9-13)18(31)28-7-5-14(6-8-28)17(30)24-11-19(21,22)23/h2-4,9,14,16H,5-8,10-11H2,1H3,(H,24,30). The smallest absolute Gasteiger partial charge is 0.347 e. The lowest BCUT2D eigenvalue weighted by Gasteiger charge is -2.33. The number of likely N-dealkylation sites (tertiary alicyclic amines) is 1.